The number of aromatic nitrogens is 2. The van der Waals surface area contributed by atoms with Crippen LogP contribution < -0.4 is 15.8 Å². The van der Waals surface area contributed by atoms with Crippen molar-refractivity contribution in [2.75, 3.05) is 24.2 Å². The topological polar surface area (TPSA) is 73.1 Å². The number of para-hydroxylation sites is 1. The van der Waals surface area contributed by atoms with E-state index in [0.717, 1.165) is 23.8 Å². The number of anilines is 2. The van der Waals surface area contributed by atoms with Crippen LogP contribution in [-0.4, -0.2) is 22.5 Å². The van der Waals surface area contributed by atoms with Gasteiger partial charge in [0.15, 0.2) is 0 Å². The van der Waals surface area contributed by atoms with Crippen molar-refractivity contribution >= 4 is 22.6 Å². The van der Waals surface area contributed by atoms with E-state index < -0.39 is 0 Å². The molecular weight excluding hydrogens is 236 g/mol. The Kier molecular flexibility index (Phi) is 4.15. The number of nitrogens with zero attached hydrogens (tertiary/aromatic N) is 2. The maximum atomic E-state index is 5.55. The summed E-state index contributed by atoms with van der Waals surface area (Å²) in [4.78, 5) is 4.00. The molecule has 0 aliphatic carbocycles. The molecule has 1 aromatic heterocycles. The molecule has 6 heteroatoms. The van der Waals surface area contributed by atoms with Gasteiger partial charge in [0.05, 0.1) is 6.61 Å². The van der Waals surface area contributed by atoms with E-state index in [9.17, 15) is 0 Å². The Morgan fingerprint density at radius 3 is 2.82 bits per heavy atom. The Bertz CT molecular complexity index is 446. The fraction of sp³-hybridized carbons (Fsp3) is 0.273. The van der Waals surface area contributed by atoms with Gasteiger partial charge in [-0.15, -0.1) is 0 Å². The highest BCUT2D eigenvalue weighted by Crippen LogP contribution is 2.12. The molecule has 17 heavy (non-hydrogen) atoms. The summed E-state index contributed by atoms with van der Waals surface area (Å²) in [5.74, 6) is 1.21. The molecule has 0 radical (unpaired) electrons. The summed E-state index contributed by atoms with van der Waals surface area (Å²) in [6.07, 6.45) is 0.897. The Morgan fingerprint density at radius 1 is 1.29 bits per heavy atom. The number of nitrogens with two attached hydrogens (primary N) is 1. The molecule has 0 unspecified atom stereocenters. The van der Waals surface area contributed by atoms with Gasteiger partial charge in [0.2, 0.25) is 11.1 Å². The highest BCUT2D eigenvalue weighted by Gasteiger charge is 1.98. The van der Waals surface area contributed by atoms with E-state index in [1.807, 2.05) is 30.3 Å². The third kappa shape index (κ3) is 3.92. The zero-order chi connectivity index (χ0) is 11.9. The summed E-state index contributed by atoms with van der Waals surface area (Å²) in [7, 11) is 0. The lowest BCUT2D eigenvalue weighted by Gasteiger charge is -2.05. The van der Waals surface area contributed by atoms with E-state index in [1.54, 1.807) is 0 Å². The Hall–Kier alpha value is -1.82. The minimum Gasteiger partial charge on any atom is -0.494 e. The molecule has 0 saturated carbocycles. The molecule has 0 saturated heterocycles. The Balaban J connectivity index is 1.61. The van der Waals surface area contributed by atoms with E-state index in [2.05, 4.69) is 14.7 Å². The number of ether oxygens (including phenoxy) is 1. The smallest absolute Gasteiger partial charge is 0.233 e. The van der Waals surface area contributed by atoms with Gasteiger partial charge in [-0.2, -0.15) is 9.36 Å². The molecule has 2 aromatic rings. The number of nitrogens with one attached hydrogen (secondary N) is 1. The Morgan fingerprint density at radius 2 is 2.12 bits per heavy atom. The fourth-order valence-corrected chi connectivity index (χ4v) is 1.80. The van der Waals surface area contributed by atoms with Crippen molar-refractivity contribution in [3.63, 3.8) is 0 Å². The van der Waals surface area contributed by atoms with Crippen LogP contribution in [0, 0.1) is 0 Å². The van der Waals surface area contributed by atoms with Gasteiger partial charge >= 0.3 is 0 Å². The number of hydrogen-bond donors (Lipinski definition) is 2. The predicted octanol–water partition coefficient (Wildman–Crippen LogP) is 2.00. The van der Waals surface area contributed by atoms with Gasteiger partial charge in [0.1, 0.15) is 5.75 Å². The third-order valence-corrected chi connectivity index (χ3v) is 2.74. The van der Waals surface area contributed by atoms with Crippen molar-refractivity contribution < 1.29 is 4.74 Å². The first-order valence-electron chi connectivity index (χ1n) is 5.35. The lowest BCUT2D eigenvalue weighted by atomic mass is 10.3. The largest absolute Gasteiger partial charge is 0.494 e. The first kappa shape index (κ1) is 11.7. The fourth-order valence-electron chi connectivity index (χ4n) is 1.28. The molecule has 1 heterocycles. The summed E-state index contributed by atoms with van der Waals surface area (Å²) in [6, 6.07) is 9.77. The minimum absolute atomic E-state index is 0.318. The molecule has 0 atom stereocenters. The molecule has 90 valence electrons. The van der Waals surface area contributed by atoms with Crippen LogP contribution in [0.25, 0.3) is 0 Å². The second-order valence-corrected chi connectivity index (χ2v) is 4.15. The molecular formula is C11H14N4OS. The molecule has 5 nitrogen and oxygen atoms in total. The molecule has 0 aliphatic heterocycles. The molecule has 0 aliphatic rings. The summed E-state index contributed by atoms with van der Waals surface area (Å²) < 4.78 is 9.43. The van der Waals surface area contributed by atoms with Gasteiger partial charge in [0.25, 0.3) is 0 Å². The molecule has 0 bridgehead atoms. The number of rotatable bonds is 6. The van der Waals surface area contributed by atoms with Crippen LogP contribution in [0.1, 0.15) is 6.42 Å². The summed E-state index contributed by atoms with van der Waals surface area (Å²) >= 11 is 1.27. The number of hydrogen-bond acceptors (Lipinski definition) is 6. The van der Waals surface area contributed by atoms with E-state index in [4.69, 9.17) is 10.5 Å². The van der Waals surface area contributed by atoms with E-state index in [0.29, 0.717) is 12.6 Å². The lowest BCUT2D eigenvalue weighted by molar-refractivity contribution is 0.315. The van der Waals surface area contributed by atoms with Crippen molar-refractivity contribution in [3.05, 3.63) is 30.3 Å². The number of nitrogen functional groups attached to an aromatic ring is 1. The van der Waals surface area contributed by atoms with Crippen LogP contribution in [-0.2, 0) is 0 Å². The lowest BCUT2D eigenvalue weighted by Crippen LogP contribution is -2.07. The summed E-state index contributed by atoms with van der Waals surface area (Å²) in [5.41, 5.74) is 5.41. The average Bonchev–Trinajstić information content (AvgIpc) is 2.76. The van der Waals surface area contributed by atoms with E-state index in [-0.39, 0.29) is 0 Å². The molecule has 2 rings (SSSR count). The van der Waals surface area contributed by atoms with Gasteiger partial charge < -0.3 is 15.8 Å². The maximum Gasteiger partial charge on any atom is 0.233 e. The van der Waals surface area contributed by atoms with Gasteiger partial charge in [-0.3, -0.25) is 0 Å². The first-order valence-corrected chi connectivity index (χ1v) is 6.13. The highest BCUT2D eigenvalue weighted by molar-refractivity contribution is 7.09. The SMILES string of the molecule is Nc1nsc(NCCCOc2ccccc2)n1. The summed E-state index contributed by atoms with van der Waals surface area (Å²) in [6.45, 7) is 1.47. The van der Waals surface area contributed by atoms with Gasteiger partial charge in [-0.1, -0.05) is 18.2 Å². The highest BCUT2D eigenvalue weighted by atomic mass is 32.1. The molecule has 1 aromatic carbocycles. The normalized spacial score (nSPS) is 10.1. The predicted molar refractivity (Wildman–Crippen MR) is 69.4 cm³/mol. The van der Waals surface area contributed by atoms with Crippen molar-refractivity contribution in [2.45, 2.75) is 6.42 Å². The van der Waals surface area contributed by atoms with E-state index in [1.165, 1.54) is 11.5 Å². The molecule has 3 N–H and O–H groups in total. The second kappa shape index (κ2) is 6.05. The number of benzene rings is 1. The minimum atomic E-state index is 0.318. The first-order chi connectivity index (χ1) is 8.34. The van der Waals surface area contributed by atoms with Crippen molar-refractivity contribution in [1.29, 1.82) is 0 Å². The van der Waals surface area contributed by atoms with Gasteiger partial charge in [0, 0.05) is 18.1 Å². The van der Waals surface area contributed by atoms with Gasteiger partial charge in [-0.25, -0.2) is 0 Å². The van der Waals surface area contributed by atoms with Crippen molar-refractivity contribution in [3.8, 4) is 5.75 Å². The third-order valence-electron chi connectivity index (χ3n) is 2.05. The van der Waals surface area contributed by atoms with Crippen LogP contribution in [0.3, 0.4) is 0 Å². The zero-order valence-electron chi connectivity index (χ0n) is 9.30. The molecule has 0 spiro atoms. The van der Waals surface area contributed by atoms with Crippen LogP contribution in [0.5, 0.6) is 5.75 Å². The van der Waals surface area contributed by atoms with Crippen molar-refractivity contribution in [2.24, 2.45) is 0 Å². The summed E-state index contributed by atoms with van der Waals surface area (Å²) in [5, 5.41) is 3.89. The van der Waals surface area contributed by atoms with Crippen LogP contribution >= 0.6 is 11.5 Å². The average molecular weight is 250 g/mol. The standard InChI is InChI=1S/C11H14N4OS/c12-10-14-11(17-15-10)13-7-4-8-16-9-5-2-1-3-6-9/h1-3,5-6H,4,7-8H2,(H3,12,13,14,15). The van der Waals surface area contributed by atoms with Crippen LogP contribution in [0.4, 0.5) is 11.1 Å². The van der Waals surface area contributed by atoms with E-state index >= 15 is 0 Å². The molecule has 0 fully saturated rings. The zero-order valence-corrected chi connectivity index (χ0v) is 10.1. The van der Waals surface area contributed by atoms with Crippen LogP contribution in [0.15, 0.2) is 30.3 Å². The monoisotopic (exact) mass is 250 g/mol. The van der Waals surface area contributed by atoms with Crippen LogP contribution in [0.2, 0.25) is 0 Å². The van der Waals surface area contributed by atoms with Gasteiger partial charge in [-0.05, 0) is 18.6 Å². The second-order valence-electron chi connectivity index (χ2n) is 3.40. The maximum absolute atomic E-state index is 5.55. The van der Waals surface area contributed by atoms with Crippen molar-refractivity contribution in [1.82, 2.24) is 9.36 Å². The molecule has 0 amide bonds. The quantitative estimate of drug-likeness (QED) is 0.767. The Labute approximate surface area is 104 Å².